The van der Waals surface area contributed by atoms with Crippen LogP contribution in [-0.4, -0.2) is 12.2 Å². The second-order valence-corrected chi connectivity index (χ2v) is 5.66. The first-order valence-electron chi connectivity index (χ1n) is 6.24. The summed E-state index contributed by atoms with van der Waals surface area (Å²) in [6.45, 7) is 3.75. The zero-order valence-electron chi connectivity index (χ0n) is 11.3. The summed E-state index contributed by atoms with van der Waals surface area (Å²) >= 11 is 1.69. The molecule has 0 radical (unpaired) electrons. The lowest BCUT2D eigenvalue weighted by Crippen LogP contribution is -2.22. The lowest BCUT2D eigenvalue weighted by Gasteiger charge is -2.29. The molecule has 2 rings (SSSR count). The Morgan fingerprint density at radius 1 is 1.26 bits per heavy atom. The molecule has 0 fully saturated rings. The van der Waals surface area contributed by atoms with Crippen LogP contribution in [0.15, 0.2) is 35.7 Å². The number of aliphatic hydroxyl groups excluding tert-OH is 1. The summed E-state index contributed by atoms with van der Waals surface area (Å²) in [7, 11) is 1.96. The van der Waals surface area contributed by atoms with E-state index in [2.05, 4.69) is 17.9 Å². The van der Waals surface area contributed by atoms with Crippen molar-refractivity contribution in [2.24, 2.45) is 0 Å². The van der Waals surface area contributed by atoms with E-state index >= 15 is 0 Å². The predicted octanol–water partition coefficient (Wildman–Crippen LogP) is 4.14. The van der Waals surface area contributed by atoms with Gasteiger partial charge in [-0.05, 0) is 43.5 Å². The standard InChI is InChI=1S/C15H18FNOS/c1-10(15-5-4-8-19-15)17(3)14-7-6-12(16)9-13(14)11(2)18/h4-11,18H,1-3H3/t10?,11-/m1/s1. The van der Waals surface area contributed by atoms with Crippen molar-refractivity contribution in [2.45, 2.75) is 26.0 Å². The molecule has 1 unspecified atom stereocenters. The van der Waals surface area contributed by atoms with Crippen LogP contribution in [-0.2, 0) is 0 Å². The van der Waals surface area contributed by atoms with E-state index in [9.17, 15) is 9.50 Å². The summed E-state index contributed by atoms with van der Waals surface area (Å²) in [6.07, 6.45) is -0.691. The van der Waals surface area contributed by atoms with Gasteiger partial charge in [0.25, 0.3) is 0 Å². The van der Waals surface area contributed by atoms with Gasteiger partial charge in [-0.2, -0.15) is 0 Å². The molecule has 0 bridgehead atoms. The van der Waals surface area contributed by atoms with Crippen LogP contribution in [0.1, 0.15) is 36.4 Å². The maximum absolute atomic E-state index is 13.3. The van der Waals surface area contributed by atoms with Crippen LogP contribution in [0.5, 0.6) is 0 Å². The van der Waals surface area contributed by atoms with Crippen molar-refractivity contribution in [3.63, 3.8) is 0 Å². The molecule has 0 aliphatic heterocycles. The molecule has 0 aliphatic carbocycles. The molecular weight excluding hydrogens is 261 g/mol. The molecule has 102 valence electrons. The number of thiophene rings is 1. The topological polar surface area (TPSA) is 23.5 Å². The van der Waals surface area contributed by atoms with E-state index in [-0.39, 0.29) is 11.9 Å². The number of halogens is 1. The van der Waals surface area contributed by atoms with Gasteiger partial charge < -0.3 is 10.0 Å². The Bertz CT molecular complexity index is 539. The normalized spacial score (nSPS) is 14.2. The first-order valence-corrected chi connectivity index (χ1v) is 7.12. The third-order valence-corrected chi connectivity index (χ3v) is 4.40. The highest BCUT2D eigenvalue weighted by Gasteiger charge is 2.18. The Morgan fingerprint density at radius 3 is 2.58 bits per heavy atom. The number of rotatable bonds is 4. The lowest BCUT2D eigenvalue weighted by atomic mass is 10.1. The number of aliphatic hydroxyl groups is 1. The molecule has 2 atom stereocenters. The second-order valence-electron chi connectivity index (χ2n) is 4.68. The molecule has 0 amide bonds. The first kappa shape index (κ1) is 14.0. The van der Waals surface area contributed by atoms with Crippen molar-refractivity contribution < 1.29 is 9.50 Å². The summed E-state index contributed by atoms with van der Waals surface area (Å²) in [6, 6.07) is 8.84. The molecule has 2 nitrogen and oxygen atoms in total. The first-order chi connectivity index (χ1) is 9.00. The van der Waals surface area contributed by atoms with Crippen molar-refractivity contribution >= 4 is 17.0 Å². The third kappa shape index (κ3) is 2.96. The van der Waals surface area contributed by atoms with Gasteiger partial charge in [0.1, 0.15) is 5.82 Å². The van der Waals surface area contributed by atoms with Gasteiger partial charge in [0.2, 0.25) is 0 Å². The largest absolute Gasteiger partial charge is 0.389 e. The maximum Gasteiger partial charge on any atom is 0.123 e. The minimum atomic E-state index is -0.691. The molecule has 0 saturated heterocycles. The molecule has 19 heavy (non-hydrogen) atoms. The van der Waals surface area contributed by atoms with Gasteiger partial charge >= 0.3 is 0 Å². The number of nitrogens with zero attached hydrogens (tertiary/aromatic N) is 1. The maximum atomic E-state index is 13.3. The molecule has 4 heteroatoms. The number of hydrogen-bond donors (Lipinski definition) is 1. The van der Waals surface area contributed by atoms with Crippen molar-refractivity contribution in [3.05, 3.63) is 52.0 Å². The van der Waals surface area contributed by atoms with Gasteiger partial charge in [0, 0.05) is 23.2 Å². The van der Waals surface area contributed by atoms with Gasteiger partial charge in [-0.3, -0.25) is 0 Å². The van der Waals surface area contributed by atoms with Gasteiger partial charge in [-0.25, -0.2) is 4.39 Å². The fourth-order valence-electron chi connectivity index (χ4n) is 2.11. The van der Waals surface area contributed by atoms with Crippen molar-refractivity contribution in [3.8, 4) is 0 Å². The van der Waals surface area contributed by atoms with Gasteiger partial charge in [-0.15, -0.1) is 11.3 Å². The summed E-state index contributed by atoms with van der Waals surface area (Å²) in [5, 5.41) is 11.8. The van der Waals surface area contributed by atoms with Crippen LogP contribution >= 0.6 is 11.3 Å². The summed E-state index contributed by atoms with van der Waals surface area (Å²) in [5.41, 5.74) is 1.48. The van der Waals surface area contributed by atoms with Crippen LogP contribution < -0.4 is 4.90 Å². The molecule has 0 saturated carbocycles. The third-order valence-electron chi connectivity index (χ3n) is 3.36. The zero-order valence-corrected chi connectivity index (χ0v) is 12.1. The zero-order chi connectivity index (χ0) is 14.0. The average molecular weight is 279 g/mol. The van der Waals surface area contributed by atoms with E-state index in [1.54, 1.807) is 24.3 Å². The predicted molar refractivity (Wildman–Crippen MR) is 78.2 cm³/mol. The van der Waals surface area contributed by atoms with Crippen molar-refractivity contribution in [1.29, 1.82) is 0 Å². The van der Waals surface area contributed by atoms with Gasteiger partial charge in [0.15, 0.2) is 0 Å². The van der Waals surface area contributed by atoms with E-state index in [1.165, 1.54) is 17.0 Å². The summed E-state index contributed by atoms with van der Waals surface area (Å²) in [4.78, 5) is 3.30. The molecule has 2 aromatic rings. The monoisotopic (exact) mass is 279 g/mol. The smallest absolute Gasteiger partial charge is 0.123 e. The molecule has 0 aliphatic rings. The minimum absolute atomic E-state index is 0.183. The van der Waals surface area contributed by atoms with Crippen molar-refractivity contribution in [1.82, 2.24) is 0 Å². The van der Waals surface area contributed by atoms with Crippen molar-refractivity contribution in [2.75, 3.05) is 11.9 Å². The molecule has 0 spiro atoms. The summed E-state index contributed by atoms with van der Waals surface area (Å²) in [5.74, 6) is -0.322. The highest BCUT2D eigenvalue weighted by Crippen LogP contribution is 2.33. The molecule has 1 aromatic heterocycles. The van der Waals surface area contributed by atoms with Crippen LogP contribution in [0, 0.1) is 5.82 Å². The molecule has 1 aromatic carbocycles. The fraction of sp³-hybridized carbons (Fsp3) is 0.333. The van der Waals surface area contributed by atoms with E-state index in [4.69, 9.17) is 0 Å². The van der Waals surface area contributed by atoms with Crippen LogP contribution in [0.4, 0.5) is 10.1 Å². The molecular formula is C15H18FNOS. The van der Waals surface area contributed by atoms with Gasteiger partial charge in [0.05, 0.1) is 12.1 Å². The SMILES string of the molecule is CC(c1cccs1)N(C)c1ccc(F)cc1[C@@H](C)O. The molecule has 1 heterocycles. The van der Waals surface area contributed by atoms with Crippen LogP contribution in [0.3, 0.4) is 0 Å². The highest BCUT2D eigenvalue weighted by molar-refractivity contribution is 7.10. The second kappa shape index (κ2) is 5.72. The highest BCUT2D eigenvalue weighted by atomic mass is 32.1. The summed E-state index contributed by atoms with van der Waals surface area (Å²) < 4.78 is 13.3. The minimum Gasteiger partial charge on any atom is -0.389 e. The Kier molecular flexibility index (Phi) is 4.22. The Hall–Kier alpha value is -1.39. The number of anilines is 1. The Balaban J connectivity index is 2.35. The number of benzene rings is 1. The van der Waals surface area contributed by atoms with Crippen LogP contribution in [0.2, 0.25) is 0 Å². The van der Waals surface area contributed by atoms with E-state index in [1.807, 2.05) is 18.5 Å². The quantitative estimate of drug-likeness (QED) is 0.909. The van der Waals surface area contributed by atoms with E-state index < -0.39 is 6.10 Å². The average Bonchev–Trinajstić information content (AvgIpc) is 2.90. The Labute approximate surface area is 117 Å². The lowest BCUT2D eigenvalue weighted by molar-refractivity contribution is 0.199. The fourth-order valence-corrected chi connectivity index (χ4v) is 2.94. The van der Waals surface area contributed by atoms with Crippen LogP contribution in [0.25, 0.3) is 0 Å². The Morgan fingerprint density at radius 2 is 2.00 bits per heavy atom. The van der Waals surface area contributed by atoms with E-state index in [0.717, 1.165) is 5.69 Å². The van der Waals surface area contributed by atoms with E-state index in [0.29, 0.717) is 5.56 Å². The van der Waals surface area contributed by atoms with Gasteiger partial charge in [-0.1, -0.05) is 6.07 Å². The molecule has 1 N–H and O–H groups in total. The number of hydrogen-bond acceptors (Lipinski definition) is 3.